The topological polar surface area (TPSA) is 32.7 Å². The highest BCUT2D eigenvalue weighted by molar-refractivity contribution is 6.33. The van der Waals surface area contributed by atoms with Gasteiger partial charge in [-0.05, 0) is 12.5 Å². The van der Waals surface area contributed by atoms with Crippen LogP contribution in [0.5, 0.6) is 0 Å². The third-order valence-electron chi connectivity index (χ3n) is 2.78. The van der Waals surface area contributed by atoms with Gasteiger partial charge in [0.15, 0.2) is 0 Å². The smallest absolute Gasteiger partial charge is 0.0702 e. The van der Waals surface area contributed by atoms with Crippen molar-refractivity contribution in [3.8, 4) is 0 Å². The van der Waals surface area contributed by atoms with E-state index in [1.54, 1.807) is 0 Å². The summed E-state index contributed by atoms with van der Waals surface area (Å²) in [6.07, 6.45) is 0.996. The van der Waals surface area contributed by atoms with Crippen LogP contribution in [0.1, 0.15) is 12.0 Å². The lowest BCUT2D eigenvalue weighted by molar-refractivity contribution is 0.152. The van der Waals surface area contributed by atoms with Gasteiger partial charge in [-0.15, -0.1) is 0 Å². The van der Waals surface area contributed by atoms with Crippen molar-refractivity contribution in [1.29, 1.82) is 0 Å². The van der Waals surface area contributed by atoms with E-state index in [4.69, 9.17) is 16.3 Å². The molecule has 1 aromatic rings. The molecule has 1 aromatic carbocycles. The van der Waals surface area contributed by atoms with Crippen LogP contribution in [0.2, 0.25) is 5.02 Å². The average molecular weight is 242 g/mol. The predicted octanol–water partition coefficient (Wildman–Crippen LogP) is 2.06. The minimum Gasteiger partial charge on any atom is -0.392 e. The molecule has 1 aliphatic rings. The molecule has 1 fully saturated rings. The number of rotatable bonds is 2. The van der Waals surface area contributed by atoms with Gasteiger partial charge in [-0.1, -0.05) is 23.7 Å². The standard InChI is InChI=1S/C12H16ClNO2/c13-11-4-1-3-10(9-15)12(11)14-5-2-7-16-8-6-14/h1,3-4,15H,2,5-9H2. The summed E-state index contributed by atoms with van der Waals surface area (Å²) in [5.41, 5.74) is 1.84. The molecule has 0 aromatic heterocycles. The van der Waals surface area contributed by atoms with Crippen LogP contribution >= 0.6 is 11.6 Å². The molecular formula is C12H16ClNO2. The molecule has 0 atom stereocenters. The Morgan fingerprint density at radius 3 is 3.00 bits per heavy atom. The van der Waals surface area contributed by atoms with E-state index in [1.165, 1.54) is 0 Å². The van der Waals surface area contributed by atoms with Crippen molar-refractivity contribution in [2.75, 3.05) is 31.2 Å². The van der Waals surface area contributed by atoms with Gasteiger partial charge >= 0.3 is 0 Å². The van der Waals surface area contributed by atoms with Crippen molar-refractivity contribution in [3.05, 3.63) is 28.8 Å². The monoisotopic (exact) mass is 241 g/mol. The second-order valence-corrected chi connectivity index (χ2v) is 4.27. The third kappa shape index (κ3) is 2.48. The molecule has 1 aliphatic heterocycles. The van der Waals surface area contributed by atoms with Crippen LogP contribution in [0.4, 0.5) is 5.69 Å². The molecule has 4 heteroatoms. The number of hydrogen-bond donors (Lipinski definition) is 1. The van der Waals surface area contributed by atoms with Crippen LogP contribution < -0.4 is 4.90 Å². The Bertz CT molecular complexity index is 349. The number of halogens is 1. The van der Waals surface area contributed by atoms with Gasteiger partial charge in [0.1, 0.15) is 0 Å². The molecular weight excluding hydrogens is 226 g/mol. The van der Waals surface area contributed by atoms with Crippen LogP contribution in [-0.2, 0) is 11.3 Å². The molecule has 1 saturated heterocycles. The Labute approximate surface area is 101 Å². The summed E-state index contributed by atoms with van der Waals surface area (Å²) < 4.78 is 5.41. The van der Waals surface area contributed by atoms with Gasteiger partial charge in [0.05, 0.1) is 23.9 Å². The fraction of sp³-hybridized carbons (Fsp3) is 0.500. The van der Waals surface area contributed by atoms with Gasteiger partial charge in [0, 0.05) is 25.3 Å². The van der Waals surface area contributed by atoms with Gasteiger partial charge < -0.3 is 14.7 Å². The summed E-state index contributed by atoms with van der Waals surface area (Å²) in [7, 11) is 0. The first kappa shape index (κ1) is 11.7. The summed E-state index contributed by atoms with van der Waals surface area (Å²) in [4.78, 5) is 2.20. The maximum Gasteiger partial charge on any atom is 0.0702 e. The first-order valence-electron chi connectivity index (χ1n) is 5.54. The van der Waals surface area contributed by atoms with E-state index >= 15 is 0 Å². The molecule has 0 radical (unpaired) electrons. The average Bonchev–Trinajstić information content (AvgIpc) is 2.57. The third-order valence-corrected chi connectivity index (χ3v) is 3.08. The number of benzene rings is 1. The Balaban J connectivity index is 2.29. The number of para-hydroxylation sites is 1. The van der Waals surface area contributed by atoms with Gasteiger partial charge in [-0.25, -0.2) is 0 Å². The van der Waals surface area contributed by atoms with E-state index in [1.807, 2.05) is 18.2 Å². The van der Waals surface area contributed by atoms with Crippen LogP contribution in [-0.4, -0.2) is 31.4 Å². The van der Waals surface area contributed by atoms with Crippen molar-refractivity contribution in [2.45, 2.75) is 13.0 Å². The number of aliphatic hydroxyl groups is 1. The van der Waals surface area contributed by atoms with Crippen molar-refractivity contribution >= 4 is 17.3 Å². The lowest BCUT2D eigenvalue weighted by Gasteiger charge is -2.25. The minimum atomic E-state index is 0.0211. The van der Waals surface area contributed by atoms with Gasteiger partial charge in [0.25, 0.3) is 0 Å². The second kappa shape index (κ2) is 5.53. The van der Waals surface area contributed by atoms with Crippen molar-refractivity contribution in [3.63, 3.8) is 0 Å². The van der Waals surface area contributed by atoms with Crippen LogP contribution in [0.3, 0.4) is 0 Å². The molecule has 0 aliphatic carbocycles. The highest BCUT2D eigenvalue weighted by atomic mass is 35.5. The maximum absolute atomic E-state index is 9.33. The van der Waals surface area contributed by atoms with E-state index in [0.717, 1.165) is 44.0 Å². The molecule has 0 bridgehead atoms. The minimum absolute atomic E-state index is 0.0211. The zero-order valence-corrected chi connectivity index (χ0v) is 9.91. The van der Waals surface area contributed by atoms with Crippen molar-refractivity contribution in [1.82, 2.24) is 0 Å². The predicted molar refractivity (Wildman–Crippen MR) is 65.0 cm³/mol. The number of nitrogens with zero attached hydrogens (tertiary/aromatic N) is 1. The number of anilines is 1. The number of hydrogen-bond acceptors (Lipinski definition) is 3. The van der Waals surface area contributed by atoms with Gasteiger partial charge in [-0.3, -0.25) is 0 Å². The molecule has 1 N–H and O–H groups in total. The first-order valence-corrected chi connectivity index (χ1v) is 5.91. The van der Waals surface area contributed by atoms with Gasteiger partial charge in [-0.2, -0.15) is 0 Å². The summed E-state index contributed by atoms with van der Waals surface area (Å²) in [5, 5.41) is 10.0. The fourth-order valence-electron chi connectivity index (χ4n) is 2.01. The molecule has 88 valence electrons. The zero-order chi connectivity index (χ0) is 11.4. The van der Waals surface area contributed by atoms with Gasteiger partial charge in [0.2, 0.25) is 0 Å². The first-order chi connectivity index (χ1) is 7.83. The normalized spacial score (nSPS) is 17.2. The summed E-state index contributed by atoms with van der Waals surface area (Å²) in [6.45, 7) is 3.30. The molecule has 3 nitrogen and oxygen atoms in total. The SMILES string of the molecule is OCc1cccc(Cl)c1N1CCCOCC1. The molecule has 0 unspecified atom stereocenters. The quantitative estimate of drug-likeness (QED) is 0.861. The van der Waals surface area contributed by atoms with Crippen LogP contribution in [0, 0.1) is 0 Å². The van der Waals surface area contributed by atoms with Crippen LogP contribution in [0.25, 0.3) is 0 Å². The Morgan fingerprint density at radius 2 is 2.19 bits per heavy atom. The second-order valence-electron chi connectivity index (χ2n) is 3.86. The number of aliphatic hydroxyl groups excluding tert-OH is 1. The van der Waals surface area contributed by atoms with E-state index in [-0.39, 0.29) is 6.61 Å². The highest BCUT2D eigenvalue weighted by Crippen LogP contribution is 2.30. The van der Waals surface area contributed by atoms with Crippen LogP contribution in [0.15, 0.2) is 18.2 Å². The van der Waals surface area contributed by atoms with Crippen molar-refractivity contribution < 1.29 is 9.84 Å². The van der Waals surface area contributed by atoms with E-state index in [9.17, 15) is 5.11 Å². The molecule has 2 rings (SSSR count). The fourth-order valence-corrected chi connectivity index (χ4v) is 2.33. The maximum atomic E-state index is 9.33. The zero-order valence-electron chi connectivity index (χ0n) is 9.16. The van der Waals surface area contributed by atoms with E-state index in [2.05, 4.69) is 4.90 Å². The lowest BCUT2D eigenvalue weighted by Crippen LogP contribution is -2.27. The Morgan fingerprint density at radius 1 is 1.31 bits per heavy atom. The molecule has 0 spiro atoms. The molecule has 0 saturated carbocycles. The highest BCUT2D eigenvalue weighted by Gasteiger charge is 2.16. The summed E-state index contributed by atoms with van der Waals surface area (Å²) in [6, 6.07) is 5.64. The largest absolute Gasteiger partial charge is 0.392 e. The molecule has 0 amide bonds. The molecule has 1 heterocycles. The summed E-state index contributed by atoms with van der Waals surface area (Å²) in [5.74, 6) is 0. The Hall–Kier alpha value is -0.770. The summed E-state index contributed by atoms with van der Waals surface area (Å²) >= 11 is 6.20. The number of ether oxygens (including phenoxy) is 1. The van der Waals surface area contributed by atoms with E-state index in [0.29, 0.717) is 5.02 Å². The molecule has 16 heavy (non-hydrogen) atoms. The Kier molecular flexibility index (Phi) is 4.04. The lowest BCUT2D eigenvalue weighted by atomic mass is 10.1. The van der Waals surface area contributed by atoms with E-state index < -0.39 is 0 Å². The van der Waals surface area contributed by atoms with Crippen molar-refractivity contribution in [2.24, 2.45) is 0 Å².